The van der Waals surface area contributed by atoms with E-state index in [1.165, 1.54) is 0 Å². The van der Waals surface area contributed by atoms with Crippen LogP contribution >= 0.6 is 0 Å². The maximum absolute atomic E-state index is 12.6. The molecule has 3 aromatic rings. The molecule has 0 spiro atoms. The fourth-order valence-electron chi connectivity index (χ4n) is 3.83. The number of likely N-dealkylation sites (N-methyl/N-ethyl adjacent to an activating group) is 1. The van der Waals surface area contributed by atoms with E-state index in [9.17, 15) is 14.9 Å². The lowest BCUT2D eigenvalue weighted by atomic mass is 10.1. The summed E-state index contributed by atoms with van der Waals surface area (Å²) in [6.07, 6.45) is 3.20. The normalized spacial score (nSPS) is 14.6. The molecule has 1 aliphatic heterocycles. The zero-order valence-corrected chi connectivity index (χ0v) is 16.8. The van der Waals surface area contributed by atoms with Crippen molar-refractivity contribution in [2.45, 2.75) is 0 Å². The molecule has 1 saturated heterocycles. The van der Waals surface area contributed by atoms with Crippen molar-refractivity contribution < 1.29 is 9.72 Å². The first-order valence-electron chi connectivity index (χ1n) is 9.84. The van der Waals surface area contributed by atoms with Crippen LogP contribution in [0.4, 0.5) is 17.1 Å². The third-order valence-electron chi connectivity index (χ3n) is 5.56. The van der Waals surface area contributed by atoms with E-state index in [2.05, 4.69) is 14.8 Å². The van der Waals surface area contributed by atoms with Crippen LogP contribution in [-0.4, -0.2) is 60.5 Å². The van der Waals surface area contributed by atoms with Gasteiger partial charge in [0.25, 0.3) is 5.69 Å². The molecule has 154 valence electrons. The van der Waals surface area contributed by atoms with E-state index in [1.807, 2.05) is 42.5 Å². The average molecular weight is 405 g/mol. The van der Waals surface area contributed by atoms with Crippen molar-refractivity contribution >= 4 is 33.7 Å². The molecule has 0 radical (unpaired) electrons. The SMILES string of the molecule is CN(C(=O)CN1CCN(c2ccc([N+](=O)[O-])c3cnccc23)CC1)c1ccccc1. The minimum Gasteiger partial charge on any atom is -0.368 e. The number of rotatable bonds is 5. The summed E-state index contributed by atoms with van der Waals surface area (Å²) in [6, 6.07) is 14.8. The number of aromatic nitrogens is 1. The van der Waals surface area contributed by atoms with Gasteiger partial charge in [-0.1, -0.05) is 18.2 Å². The molecule has 30 heavy (non-hydrogen) atoms. The summed E-state index contributed by atoms with van der Waals surface area (Å²) in [5, 5.41) is 12.7. The summed E-state index contributed by atoms with van der Waals surface area (Å²) in [7, 11) is 1.80. The number of piperazine rings is 1. The van der Waals surface area contributed by atoms with E-state index in [0.717, 1.165) is 42.9 Å². The predicted molar refractivity (Wildman–Crippen MR) is 117 cm³/mol. The smallest absolute Gasteiger partial charge is 0.278 e. The maximum atomic E-state index is 12.6. The van der Waals surface area contributed by atoms with Gasteiger partial charge in [-0.25, -0.2) is 0 Å². The van der Waals surface area contributed by atoms with Crippen LogP contribution in [0, 0.1) is 10.1 Å². The van der Waals surface area contributed by atoms with Gasteiger partial charge < -0.3 is 9.80 Å². The first kappa shape index (κ1) is 19.8. The minimum atomic E-state index is -0.374. The molecule has 4 rings (SSSR count). The molecule has 8 heteroatoms. The van der Waals surface area contributed by atoms with Crippen LogP contribution in [0.2, 0.25) is 0 Å². The highest BCUT2D eigenvalue weighted by Gasteiger charge is 2.23. The summed E-state index contributed by atoms with van der Waals surface area (Å²) in [4.78, 5) is 33.7. The highest BCUT2D eigenvalue weighted by atomic mass is 16.6. The zero-order valence-electron chi connectivity index (χ0n) is 16.8. The number of non-ortho nitro benzene ring substituents is 1. The quantitative estimate of drug-likeness (QED) is 0.479. The summed E-state index contributed by atoms with van der Waals surface area (Å²) < 4.78 is 0. The largest absolute Gasteiger partial charge is 0.368 e. The molecule has 0 bridgehead atoms. The third kappa shape index (κ3) is 3.95. The van der Waals surface area contributed by atoms with Gasteiger partial charge in [0.2, 0.25) is 5.91 Å². The Morgan fingerprint density at radius 3 is 2.50 bits per heavy atom. The monoisotopic (exact) mass is 405 g/mol. The molecular weight excluding hydrogens is 382 g/mol. The van der Waals surface area contributed by atoms with Gasteiger partial charge in [-0.3, -0.25) is 24.8 Å². The summed E-state index contributed by atoms with van der Waals surface area (Å²) in [6.45, 7) is 3.36. The van der Waals surface area contributed by atoms with Gasteiger partial charge in [-0.2, -0.15) is 0 Å². The van der Waals surface area contributed by atoms with Crippen LogP contribution in [-0.2, 0) is 4.79 Å². The second kappa shape index (κ2) is 8.46. The number of anilines is 2. The van der Waals surface area contributed by atoms with E-state index < -0.39 is 0 Å². The molecule has 0 N–H and O–H groups in total. The van der Waals surface area contributed by atoms with E-state index >= 15 is 0 Å². The number of nitro benzene ring substituents is 1. The topological polar surface area (TPSA) is 82.8 Å². The van der Waals surface area contributed by atoms with Crippen LogP contribution in [0.5, 0.6) is 0 Å². The molecule has 1 fully saturated rings. The maximum Gasteiger partial charge on any atom is 0.278 e. The number of nitro groups is 1. The first-order chi connectivity index (χ1) is 14.5. The molecular formula is C22H23N5O3. The number of hydrogen-bond acceptors (Lipinski definition) is 6. The van der Waals surface area contributed by atoms with Crippen molar-refractivity contribution in [2.75, 3.05) is 49.6 Å². The molecule has 0 aliphatic carbocycles. The number of carbonyl (C=O) groups is 1. The molecule has 0 atom stereocenters. The van der Waals surface area contributed by atoms with Crippen molar-refractivity contribution in [1.29, 1.82) is 0 Å². The Bertz CT molecular complexity index is 1060. The minimum absolute atomic E-state index is 0.0570. The molecule has 0 unspecified atom stereocenters. The van der Waals surface area contributed by atoms with Crippen LogP contribution < -0.4 is 9.80 Å². The zero-order chi connectivity index (χ0) is 21.1. The molecule has 2 aromatic carbocycles. The number of para-hydroxylation sites is 1. The Kier molecular flexibility index (Phi) is 5.58. The second-order valence-corrected chi connectivity index (χ2v) is 7.33. The van der Waals surface area contributed by atoms with Crippen LogP contribution in [0.3, 0.4) is 0 Å². The Labute approximate surface area is 174 Å². The van der Waals surface area contributed by atoms with Gasteiger partial charge in [0.15, 0.2) is 0 Å². The number of fused-ring (bicyclic) bond motifs is 1. The van der Waals surface area contributed by atoms with E-state index in [1.54, 1.807) is 30.4 Å². The average Bonchev–Trinajstić information content (AvgIpc) is 2.79. The Hall–Kier alpha value is -3.52. The standard InChI is InChI=1S/C22H23N5O3/c1-24(17-5-3-2-4-6-17)22(28)16-25-11-13-26(14-12-25)20-7-8-21(27(29)30)19-15-23-10-9-18(19)20/h2-10,15H,11-14,16H2,1H3. The second-order valence-electron chi connectivity index (χ2n) is 7.33. The Morgan fingerprint density at radius 2 is 1.80 bits per heavy atom. The number of nitrogens with zero attached hydrogens (tertiary/aromatic N) is 5. The molecule has 8 nitrogen and oxygen atoms in total. The lowest BCUT2D eigenvalue weighted by Crippen LogP contribution is -2.49. The molecule has 0 saturated carbocycles. The van der Waals surface area contributed by atoms with Gasteiger partial charge >= 0.3 is 0 Å². The summed E-state index contributed by atoms with van der Waals surface area (Å²) >= 11 is 0. The highest BCUT2D eigenvalue weighted by molar-refractivity contribution is 5.99. The van der Waals surface area contributed by atoms with Gasteiger partial charge in [-0.05, 0) is 24.3 Å². The lowest BCUT2D eigenvalue weighted by molar-refractivity contribution is -0.383. The molecule has 1 amide bonds. The number of pyridine rings is 1. The third-order valence-corrected chi connectivity index (χ3v) is 5.56. The number of amides is 1. The highest BCUT2D eigenvalue weighted by Crippen LogP contribution is 2.33. The number of hydrogen-bond donors (Lipinski definition) is 0. The lowest BCUT2D eigenvalue weighted by Gasteiger charge is -2.36. The van der Waals surface area contributed by atoms with Crippen LogP contribution in [0.25, 0.3) is 10.8 Å². The van der Waals surface area contributed by atoms with Crippen molar-refractivity contribution in [1.82, 2.24) is 9.88 Å². The Morgan fingerprint density at radius 1 is 1.07 bits per heavy atom. The van der Waals surface area contributed by atoms with Gasteiger partial charge in [0.05, 0.1) is 16.9 Å². The van der Waals surface area contributed by atoms with Gasteiger partial charge in [0, 0.05) is 68.4 Å². The van der Waals surface area contributed by atoms with Crippen molar-refractivity contribution in [2.24, 2.45) is 0 Å². The van der Waals surface area contributed by atoms with Gasteiger partial charge in [0.1, 0.15) is 0 Å². The van der Waals surface area contributed by atoms with E-state index in [4.69, 9.17) is 0 Å². The fraction of sp³-hybridized carbons (Fsp3) is 0.273. The molecule has 1 aromatic heterocycles. The van der Waals surface area contributed by atoms with Crippen LogP contribution in [0.15, 0.2) is 60.9 Å². The summed E-state index contributed by atoms with van der Waals surface area (Å²) in [5.41, 5.74) is 1.91. The fourth-order valence-corrected chi connectivity index (χ4v) is 3.83. The molecule has 1 aliphatic rings. The van der Waals surface area contributed by atoms with Gasteiger partial charge in [-0.15, -0.1) is 0 Å². The predicted octanol–water partition coefficient (Wildman–Crippen LogP) is 2.93. The number of benzene rings is 2. The first-order valence-corrected chi connectivity index (χ1v) is 9.84. The summed E-state index contributed by atoms with van der Waals surface area (Å²) in [5.74, 6) is 0.0570. The van der Waals surface area contributed by atoms with E-state index in [0.29, 0.717) is 11.9 Å². The van der Waals surface area contributed by atoms with Crippen molar-refractivity contribution in [3.05, 3.63) is 71.0 Å². The number of carbonyl (C=O) groups excluding carboxylic acids is 1. The molecule has 2 heterocycles. The van der Waals surface area contributed by atoms with Crippen LogP contribution in [0.1, 0.15) is 0 Å². The van der Waals surface area contributed by atoms with Crippen molar-refractivity contribution in [3.8, 4) is 0 Å². The Balaban J connectivity index is 1.43. The van der Waals surface area contributed by atoms with Crippen molar-refractivity contribution in [3.63, 3.8) is 0 Å². The van der Waals surface area contributed by atoms with E-state index in [-0.39, 0.29) is 16.5 Å².